The van der Waals surface area contributed by atoms with Gasteiger partial charge in [-0.25, -0.2) is 0 Å². The summed E-state index contributed by atoms with van der Waals surface area (Å²) < 4.78 is 34.2. The van der Waals surface area contributed by atoms with Crippen molar-refractivity contribution in [1.29, 1.82) is 0 Å². The molecule has 10 heteroatoms. The second kappa shape index (κ2) is 55.3. The summed E-state index contributed by atoms with van der Waals surface area (Å²) in [6.45, 7) is 4.29. The number of phosphoric acid groups is 1. The van der Waals surface area contributed by atoms with Gasteiger partial charge in [-0.2, -0.15) is 0 Å². The number of esters is 2. The molecule has 0 aliphatic rings. The second-order valence-corrected chi connectivity index (χ2v) is 24.2. The molecule has 0 bridgehead atoms. The molecule has 0 aromatic heterocycles. The third-order valence-corrected chi connectivity index (χ3v) is 15.2. The fraction of sp³-hybridized carbons (Fsp3) is 0.905. The van der Waals surface area contributed by atoms with Crippen LogP contribution in [0.25, 0.3) is 0 Å². The lowest BCUT2D eigenvalue weighted by atomic mass is 10.0. The first-order valence-electron chi connectivity index (χ1n) is 31.5. The SMILES string of the molecule is CCCCCCCCC/C=C\CCCCCCCCCC(=O)OCC(COP(=O)([O-])OCC[N+](C)(C)C)OC(=O)CCCCCCCCCCCCCCCCCCCCC/C=C\CCCCCCCCCC. The smallest absolute Gasteiger partial charge is 0.306 e. The molecule has 0 aliphatic carbocycles. The molecule has 0 aliphatic heterocycles. The number of unbranched alkanes of at least 4 members (excludes halogenated alkanes) is 41. The normalized spacial score (nSPS) is 13.3. The molecule has 73 heavy (non-hydrogen) atoms. The molecule has 2 unspecified atom stereocenters. The highest BCUT2D eigenvalue weighted by atomic mass is 31.2. The molecular weight excluding hydrogens is 930 g/mol. The van der Waals surface area contributed by atoms with Gasteiger partial charge < -0.3 is 27.9 Å². The number of rotatable bonds is 59. The fourth-order valence-electron chi connectivity index (χ4n) is 9.30. The van der Waals surface area contributed by atoms with Crippen molar-refractivity contribution in [2.45, 2.75) is 322 Å². The van der Waals surface area contributed by atoms with Gasteiger partial charge in [0.1, 0.15) is 19.8 Å². The topological polar surface area (TPSA) is 111 Å². The zero-order valence-corrected chi connectivity index (χ0v) is 50.0. The summed E-state index contributed by atoms with van der Waals surface area (Å²) in [6.07, 6.45) is 66.7. The Morgan fingerprint density at radius 2 is 0.699 bits per heavy atom. The lowest BCUT2D eigenvalue weighted by Gasteiger charge is -2.28. The van der Waals surface area contributed by atoms with E-state index in [9.17, 15) is 19.0 Å². The average molecular weight is 1050 g/mol. The molecule has 2 atom stereocenters. The van der Waals surface area contributed by atoms with Crippen molar-refractivity contribution in [3.05, 3.63) is 24.3 Å². The van der Waals surface area contributed by atoms with Gasteiger partial charge in [0.15, 0.2) is 6.10 Å². The highest BCUT2D eigenvalue weighted by Crippen LogP contribution is 2.38. The average Bonchev–Trinajstić information content (AvgIpc) is 3.35. The maximum atomic E-state index is 12.8. The Kier molecular flexibility index (Phi) is 54.1. The van der Waals surface area contributed by atoms with Gasteiger partial charge in [-0.15, -0.1) is 0 Å². The first-order chi connectivity index (χ1) is 35.5. The molecule has 0 radical (unpaired) electrons. The summed E-state index contributed by atoms with van der Waals surface area (Å²) in [6, 6.07) is 0. The molecule has 0 rings (SSSR count). The van der Waals surface area contributed by atoms with Crippen LogP contribution in [0.2, 0.25) is 0 Å². The minimum atomic E-state index is -4.63. The zero-order valence-electron chi connectivity index (χ0n) is 49.1. The van der Waals surface area contributed by atoms with Crippen LogP contribution in [0.1, 0.15) is 316 Å². The molecular formula is C63H122NO8P. The van der Waals surface area contributed by atoms with E-state index in [1.165, 1.54) is 244 Å². The van der Waals surface area contributed by atoms with Gasteiger partial charge in [0.05, 0.1) is 27.7 Å². The second-order valence-electron chi connectivity index (χ2n) is 22.8. The number of ether oxygens (including phenoxy) is 2. The Bertz CT molecular complexity index is 1280. The van der Waals surface area contributed by atoms with Crippen LogP contribution in [0.4, 0.5) is 0 Å². The number of hydrogen-bond donors (Lipinski definition) is 0. The van der Waals surface area contributed by atoms with E-state index in [-0.39, 0.29) is 32.0 Å². The summed E-state index contributed by atoms with van der Waals surface area (Å²) in [5, 5.41) is 0. The van der Waals surface area contributed by atoms with Crippen LogP contribution in [0.3, 0.4) is 0 Å². The molecule has 0 amide bonds. The van der Waals surface area contributed by atoms with Gasteiger partial charge in [-0.1, -0.05) is 263 Å². The lowest BCUT2D eigenvalue weighted by Crippen LogP contribution is -2.37. The van der Waals surface area contributed by atoms with Gasteiger partial charge >= 0.3 is 11.9 Å². The molecule has 432 valence electrons. The predicted octanol–water partition coefficient (Wildman–Crippen LogP) is 19.1. The van der Waals surface area contributed by atoms with Crippen molar-refractivity contribution in [2.75, 3.05) is 47.5 Å². The molecule has 0 saturated heterocycles. The van der Waals surface area contributed by atoms with E-state index in [2.05, 4.69) is 38.2 Å². The highest BCUT2D eigenvalue weighted by Gasteiger charge is 2.22. The van der Waals surface area contributed by atoms with Crippen LogP contribution in [0, 0.1) is 0 Å². The maximum Gasteiger partial charge on any atom is 0.306 e. The molecule has 0 N–H and O–H groups in total. The van der Waals surface area contributed by atoms with Crippen molar-refractivity contribution in [3.8, 4) is 0 Å². The van der Waals surface area contributed by atoms with Gasteiger partial charge in [0.2, 0.25) is 0 Å². The molecule has 0 fully saturated rings. The van der Waals surface area contributed by atoms with Crippen LogP contribution >= 0.6 is 7.82 Å². The van der Waals surface area contributed by atoms with Gasteiger partial charge in [0, 0.05) is 12.8 Å². The van der Waals surface area contributed by atoms with E-state index in [1.54, 1.807) is 0 Å². The van der Waals surface area contributed by atoms with E-state index < -0.39 is 26.5 Å². The van der Waals surface area contributed by atoms with Crippen molar-refractivity contribution < 1.29 is 42.1 Å². The first-order valence-corrected chi connectivity index (χ1v) is 33.0. The van der Waals surface area contributed by atoms with Crippen molar-refractivity contribution in [3.63, 3.8) is 0 Å². The standard InChI is InChI=1S/C63H122NO8P/c1-6-8-10-12-14-16-18-20-22-24-26-27-28-29-30-31-32-33-34-35-36-37-38-40-42-44-46-48-50-52-54-56-63(66)72-61(60-71-73(67,68)70-58-57-64(3,4)5)59-69-62(65)55-53-51-49-47-45-43-41-39-25-23-21-19-17-15-13-11-9-7-2/h23-26,61H,6-22,27-60H2,1-5H3/b25-23-,26-24-. The number of allylic oxidation sites excluding steroid dienone is 4. The molecule has 0 saturated carbocycles. The third-order valence-electron chi connectivity index (χ3n) is 14.2. The van der Waals surface area contributed by atoms with Crippen molar-refractivity contribution in [2.24, 2.45) is 0 Å². The van der Waals surface area contributed by atoms with Gasteiger partial charge in [-0.05, 0) is 64.2 Å². The number of phosphoric ester groups is 1. The molecule has 0 heterocycles. The monoisotopic (exact) mass is 1050 g/mol. The van der Waals surface area contributed by atoms with Crippen LogP contribution in [-0.2, 0) is 32.7 Å². The van der Waals surface area contributed by atoms with Crippen LogP contribution in [0.15, 0.2) is 24.3 Å². The Hall–Kier alpha value is -1.51. The molecule has 0 aromatic carbocycles. The summed E-state index contributed by atoms with van der Waals surface area (Å²) in [7, 11) is 1.18. The van der Waals surface area contributed by atoms with Crippen LogP contribution in [0.5, 0.6) is 0 Å². The molecule has 0 aromatic rings. The fourth-order valence-corrected chi connectivity index (χ4v) is 10.0. The number of nitrogens with zero attached hydrogens (tertiary/aromatic N) is 1. The van der Waals surface area contributed by atoms with E-state index in [4.69, 9.17) is 18.5 Å². The minimum absolute atomic E-state index is 0.0287. The zero-order chi connectivity index (χ0) is 53.5. The maximum absolute atomic E-state index is 12.8. The van der Waals surface area contributed by atoms with E-state index in [0.717, 1.165) is 38.5 Å². The molecule has 9 nitrogen and oxygen atoms in total. The molecule has 0 spiro atoms. The van der Waals surface area contributed by atoms with Crippen LogP contribution < -0.4 is 4.89 Å². The third kappa shape index (κ3) is 59.6. The van der Waals surface area contributed by atoms with Crippen molar-refractivity contribution >= 4 is 19.8 Å². The lowest BCUT2D eigenvalue weighted by molar-refractivity contribution is -0.870. The minimum Gasteiger partial charge on any atom is -0.756 e. The first kappa shape index (κ1) is 71.5. The summed E-state index contributed by atoms with van der Waals surface area (Å²) in [4.78, 5) is 37.9. The number of hydrogen-bond acceptors (Lipinski definition) is 8. The quantitative estimate of drug-likeness (QED) is 0.0195. The number of carbonyl (C=O) groups is 2. The predicted molar refractivity (Wildman–Crippen MR) is 310 cm³/mol. The van der Waals surface area contributed by atoms with E-state index in [0.29, 0.717) is 17.4 Å². The van der Waals surface area contributed by atoms with Gasteiger partial charge in [0.25, 0.3) is 7.82 Å². The summed E-state index contributed by atoms with van der Waals surface area (Å²) in [5.74, 6) is -0.821. The summed E-state index contributed by atoms with van der Waals surface area (Å²) in [5.41, 5.74) is 0. The Morgan fingerprint density at radius 3 is 1.01 bits per heavy atom. The van der Waals surface area contributed by atoms with E-state index >= 15 is 0 Å². The Balaban J connectivity index is 4.02. The largest absolute Gasteiger partial charge is 0.756 e. The van der Waals surface area contributed by atoms with Gasteiger partial charge in [-0.3, -0.25) is 14.2 Å². The number of carbonyl (C=O) groups excluding carboxylic acids is 2. The Labute approximate surface area is 453 Å². The number of likely N-dealkylation sites (N-methyl/N-ethyl adjacent to an activating group) is 1. The summed E-state index contributed by atoms with van der Waals surface area (Å²) >= 11 is 0. The Morgan fingerprint density at radius 1 is 0.411 bits per heavy atom. The van der Waals surface area contributed by atoms with Crippen LogP contribution in [-0.4, -0.2) is 70.0 Å². The van der Waals surface area contributed by atoms with E-state index in [1.807, 2.05) is 21.1 Å². The number of quaternary nitrogens is 1. The highest BCUT2D eigenvalue weighted by molar-refractivity contribution is 7.45. The van der Waals surface area contributed by atoms with Crippen molar-refractivity contribution in [1.82, 2.24) is 0 Å².